The molecule has 0 bridgehead atoms. The highest BCUT2D eigenvalue weighted by Crippen LogP contribution is 2.09. The Hall–Kier alpha value is -1.63. The van der Waals surface area contributed by atoms with Crippen LogP contribution in [0.4, 0.5) is 0 Å². The third-order valence-corrected chi connectivity index (χ3v) is 4.91. The Morgan fingerprint density at radius 1 is 1.14 bits per heavy atom. The van der Waals surface area contributed by atoms with Crippen molar-refractivity contribution in [2.45, 2.75) is 30.7 Å². The highest BCUT2D eigenvalue weighted by Gasteiger charge is 2.07. The monoisotopic (exact) mass is 536 g/mol. The van der Waals surface area contributed by atoms with Gasteiger partial charge in [-0.2, -0.15) is 0 Å². The third-order valence-electron chi connectivity index (χ3n) is 3.98. The van der Waals surface area contributed by atoms with Crippen LogP contribution in [0.5, 0.6) is 0 Å². The van der Waals surface area contributed by atoms with Crippen molar-refractivity contribution in [3.8, 4) is 0 Å². The van der Waals surface area contributed by atoms with E-state index in [-0.39, 0.29) is 28.9 Å². The summed E-state index contributed by atoms with van der Waals surface area (Å²) in [6, 6.07) is 10.2. The molecule has 29 heavy (non-hydrogen) atoms. The minimum Gasteiger partial charge on any atom is -0.469 e. The summed E-state index contributed by atoms with van der Waals surface area (Å²) < 4.78 is 33.1. The summed E-state index contributed by atoms with van der Waals surface area (Å²) in [7, 11) is -1.99. The first kappa shape index (κ1) is 25.4. The maximum atomic E-state index is 11.3. The van der Waals surface area contributed by atoms with E-state index >= 15 is 0 Å². The largest absolute Gasteiger partial charge is 0.469 e. The molecule has 1 heterocycles. The zero-order chi connectivity index (χ0) is 20.2. The molecule has 162 valence electrons. The van der Waals surface area contributed by atoms with Crippen molar-refractivity contribution in [1.82, 2.24) is 10.6 Å². The molecule has 0 atom stereocenters. The minimum atomic E-state index is -3.68. The minimum absolute atomic E-state index is 0. The zero-order valence-electron chi connectivity index (χ0n) is 16.5. The average molecular weight is 536 g/mol. The average Bonchev–Trinajstić information content (AvgIpc) is 3.18. The number of nitrogens with two attached hydrogens (primary N) is 1. The topological polar surface area (TPSA) is 119 Å². The molecule has 1 aromatic heterocycles. The van der Waals surface area contributed by atoms with Crippen molar-refractivity contribution in [3.63, 3.8) is 0 Å². The molecule has 2 aromatic rings. The van der Waals surface area contributed by atoms with Crippen molar-refractivity contribution < 1.29 is 17.6 Å². The SMILES string of the molecule is COCCCCNC(=NCc1ccc(S(N)(=O)=O)cc1)NCCc1ccco1.I. The van der Waals surface area contributed by atoms with Crippen LogP contribution >= 0.6 is 24.0 Å². The number of hydrogen-bond acceptors (Lipinski definition) is 5. The number of ether oxygens (including phenoxy) is 1. The molecule has 0 aliphatic heterocycles. The van der Waals surface area contributed by atoms with E-state index in [9.17, 15) is 8.42 Å². The Labute approximate surface area is 189 Å². The van der Waals surface area contributed by atoms with Crippen molar-refractivity contribution >= 4 is 40.0 Å². The number of methoxy groups -OCH3 is 1. The molecule has 10 heteroatoms. The molecular formula is C19H29IN4O4S. The van der Waals surface area contributed by atoms with E-state index in [0.29, 0.717) is 19.0 Å². The summed E-state index contributed by atoms with van der Waals surface area (Å²) in [4.78, 5) is 4.67. The molecule has 0 saturated carbocycles. The Kier molecular flexibility index (Phi) is 11.9. The second kappa shape index (κ2) is 13.6. The molecule has 0 spiro atoms. The highest BCUT2D eigenvalue weighted by atomic mass is 127. The van der Waals surface area contributed by atoms with E-state index in [1.54, 1.807) is 25.5 Å². The van der Waals surface area contributed by atoms with Gasteiger partial charge in [-0.3, -0.25) is 0 Å². The number of halogens is 1. The number of benzene rings is 1. The number of furan rings is 1. The van der Waals surface area contributed by atoms with Gasteiger partial charge in [0, 0.05) is 33.2 Å². The molecule has 0 aliphatic carbocycles. The van der Waals surface area contributed by atoms with Gasteiger partial charge < -0.3 is 19.8 Å². The zero-order valence-corrected chi connectivity index (χ0v) is 19.6. The maximum absolute atomic E-state index is 11.3. The van der Waals surface area contributed by atoms with Crippen LogP contribution in [-0.2, 0) is 27.7 Å². The lowest BCUT2D eigenvalue weighted by atomic mass is 10.2. The van der Waals surface area contributed by atoms with Crippen molar-refractivity contribution in [2.75, 3.05) is 26.8 Å². The number of nitrogens with one attached hydrogen (secondary N) is 2. The van der Waals surface area contributed by atoms with Crippen LogP contribution < -0.4 is 15.8 Å². The number of rotatable bonds is 11. The number of hydrogen-bond donors (Lipinski definition) is 3. The van der Waals surface area contributed by atoms with Crippen molar-refractivity contribution in [3.05, 3.63) is 54.0 Å². The Bertz CT molecular complexity index is 824. The lowest BCUT2D eigenvalue weighted by molar-refractivity contribution is 0.193. The van der Waals surface area contributed by atoms with Gasteiger partial charge in [0.1, 0.15) is 5.76 Å². The van der Waals surface area contributed by atoms with Crippen LogP contribution in [0.1, 0.15) is 24.2 Å². The maximum Gasteiger partial charge on any atom is 0.238 e. The normalized spacial score (nSPS) is 11.7. The van der Waals surface area contributed by atoms with Crippen LogP contribution in [0.2, 0.25) is 0 Å². The molecular weight excluding hydrogens is 507 g/mol. The number of nitrogens with zero attached hydrogens (tertiary/aromatic N) is 1. The van der Waals surface area contributed by atoms with E-state index in [0.717, 1.165) is 43.7 Å². The van der Waals surface area contributed by atoms with Gasteiger partial charge in [0.25, 0.3) is 0 Å². The second-order valence-corrected chi connectivity index (χ2v) is 7.80. The van der Waals surface area contributed by atoms with Crippen LogP contribution in [0.15, 0.2) is 57.0 Å². The molecule has 0 saturated heterocycles. The van der Waals surface area contributed by atoms with Crippen molar-refractivity contribution in [2.24, 2.45) is 10.1 Å². The van der Waals surface area contributed by atoms with E-state index in [2.05, 4.69) is 15.6 Å². The fourth-order valence-corrected chi connectivity index (χ4v) is 2.98. The summed E-state index contributed by atoms with van der Waals surface area (Å²) in [5.74, 6) is 1.60. The van der Waals surface area contributed by atoms with Gasteiger partial charge >= 0.3 is 0 Å². The molecule has 2 rings (SSSR count). The van der Waals surface area contributed by atoms with Gasteiger partial charge in [-0.1, -0.05) is 12.1 Å². The summed E-state index contributed by atoms with van der Waals surface area (Å²) in [6.07, 6.45) is 4.35. The Balaban J connectivity index is 0.00000420. The number of guanidine groups is 1. The lowest BCUT2D eigenvalue weighted by Crippen LogP contribution is -2.39. The first-order valence-electron chi connectivity index (χ1n) is 9.14. The molecule has 0 unspecified atom stereocenters. The molecule has 0 aliphatic rings. The molecule has 8 nitrogen and oxygen atoms in total. The van der Waals surface area contributed by atoms with Gasteiger partial charge in [-0.25, -0.2) is 18.5 Å². The molecule has 0 fully saturated rings. The summed E-state index contributed by atoms with van der Waals surface area (Å²) in [5, 5.41) is 11.7. The predicted molar refractivity (Wildman–Crippen MR) is 124 cm³/mol. The quantitative estimate of drug-likeness (QED) is 0.176. The van der Waals surface area contributed by atoms with Gasteiger partial charge in [0.05, 0.1) is 17.7 Å². The number of primary sulfonamides is 1. The third kappa shape index (κ3) is 10.1. The predicted octanol–water partition coefficient (Wildman–Crippen LogP) is 2.25. The van der Waals surface area contributed by atoms with Crippen molar-refractivity contribution in [1.29, 1.82) is 0 Å². The first-order chi connectivity index (χ1) is 13.5. The van der Waals surface area contributed by atoms with Gasteiger partial charge in [-0.15, -0.1) is 24.0 Å². The second-order valence-electron chi connectivity index (χ2n) is 6.24. The summed E-state index contributed by atoms with van der Waals surface area (Å²) in [6.45, 7) is 2.61. The fraction of sp³-hybridized carbons (Fsp3) is 0.421. The van der Waals surface area contributed by atoms with Crippen LogP contribution in [0.25, 0.3) is 0 Å². The molecule has 1 aromatic carbocycles. The van der Waals surface area contributed by atoms with Gasteiger partial charge in [-0.05, 0) is 42.7 Å². The number of sulfonamides is 1. The summed E-state index contributed by atoms with van der Waals surface area (Å²) >= 11 is 0. The Morgan fingerprint density at radius 2 is 1.86 bits per heavy atom. The van der Waals surface area contributed by atoms with E-state index < -0.39 is 10.0 Å². The molecule has 0 radical (unpaired) electrons. The van der Waals surface area contributed by atoms with E-state index in [4.69, 9.17) is 14.3 Å². The van der Waals surface area contributed by atoms with E-state index in [1.807, 2.05) is 12.1 Å². The molecule has 4 N–H and O–H groups in total. The smallest absolute Gasteiger partial charge is 0.238 e. The fourth-order valence-electron chi connectivity index (χ4n) is 2.47. The standard InChI is InChI=1S/C19H28N4O4S.HI/c1-26-13-3-2-11-21-19(22-12-10-17-5-4-14-27-17)23-15-16-6-8-18(9-7-16)28(20,24)25;/h4-9,14H,2-3,10-13,15H2,1H3,(H2,20,24,25)(H2,21,22,23);1H. The van der Waals surface area contributed by atoms with Gasteiger partial charge in [0.2, 0.25) is 10.0 Å². The number of unbranched alkanes of at least 4 members (excludes halogenated alkanes) is 1. The number of aliphatic imine (C=N–C) groups is 1. The van der Waals surface area contributed by atoms with Crippen LogP contribution in [-0.4, -0.2) is 41.2 Å². The molecule has 0 amide bonds. The van der Waals surface area contributed by atoms with Crippen LogP contribution in [0, 0.1) is 0 Å². The summed E-state index contributed by atoms with van der Waals surface area (Å²) in [5.41, 5.74) is 0.888. The van der Waals surface area contributed by atoms with Gasteiger partial charge in [0.15, 0.2) is 5.96 Å². The Morgan fingerprint density at radius 3 is 2.48 bits per heavy atom. The van der Waals surface area contributed by atoms with E-state index in [1.165, 1.54) is 12.1 Å². The first-order valence-corrected chi connectivity index (χ1v) is 10.7. The highest BCUT2D eigenvalue weighted by molar-refractivity contribution is 14.0. The lowest BCUT2D eigenvalue weighted by Gasteiger charge is -2.12. The van der Waals surface area contributed by atoms with Crippen LogP contribution in [0.3, 0.4) is 0 Å².